The number of alkyl carbamates (subject to hydrolysis) is 1. The Labute approximate surface area is 184 Å². The molecule has 0 saturated heterocycles. The Balaban J connectivity index is 2.62. The van der Waals surface area contributed by atoms with Gasteiger partial charge in [-0.05, 0) is 70.2 Å². The molecule has 0 aliphatic rings. The van der Waals surface area contributed by atoms with Gasteiger partial charge in [-0.2, -0.15) is 11.8 Å². The lowest BCUT2D eigenvalue weighted by molar-refractivity contribution is -0.123. The molecule has 8 nitrogen and oxygen atoms in total. The molecule has 0 aliphatic heterocycles. The SMILES string of the molecule is CSCCC(NC(=O)OC(C)(C)C)C(=O)NCCNS(=O)(=O)c1cc(C)ccc1C. The highest BCUT2D eigenvalue weighted by atomic mass is 32.2. The van der Waals surface area contributed by atoms with Crippen LogP contribution >= 0.6 is 11.8 Å². The third-order valence-electron chi connectivity index (χ3n) is 3.97. The number of nitrogens with one attached hydrogen (secondary N) is 3. The minimum absolute atomic E-state index is 0.0309. The molecule has 1 aromatic carbocycles. The van der Waals surface area contributed by atoms with E-state index in [9.17, 15) is 18.0 Å². The summed E-state index contributed by atoms with van der Waals surface area (Å²) in [6, 6.07) is 4.45. The molecular weight excluding hydrogens is 426 g/mol. The number of sulfonamides is 1. The summed E-state index contributed by atoms with van der Waals surface area (Å²) in [6.07, 6.45) is 1.67. The van der Waals surface area contributed by atoms with Gasteiger partial charge in [0.05, 0.1) is 4.90 Å². The fourth-order valence-electron chi connectivity index (χ4n) is 2.52. The first-order valence-electron chi connectivity index (χ1n) is 9.69. The number of carbonyl (C=O) groups excluding carboxylic acids is 2. The molecule has 1 aromatic rings. The molecule has 1 unspecified atom stereocenters. The summed E-state index contributed by atoms with van der Waals surface area (Å²) in [5.74, 6) is 0.286. The van der Waals surface area contributed by atoms with Gasteiger partial charge in [0.15, 0.2) is 0 Å². The number of aryl methyl sites for hydroxylation is 2. The zero-order chi connectivity index (χ0) is 22.9. The quantitative estimate of drug-likeness (QED) is 0.463. The average molecular weight is 460 g/mol. The highest BCUT2D eigenvalue weighted by Crippen LogP contribution is 2.16. The van der Waals surface area contributed by atoms with Crippen LogP contribution in [0.25, 0.3) is 0 Å². The summed E-state index contributed by atoms with van der Waals surface area (Å²) in [4.78, 5) is 24.7. The number of carbonyl (C=O) groups is 2. The molecular formula is C20H33N3O5S2. The molecule has 2 amide bonds. The van der Waals surface area contributed by atoms with Crippen molar-refractivity contribution in [2.75, 3.05) is 25.1 Å². The summed E-state index contributed by atoms with van der Waals surface area (Å²) in [6.45, 7) is 8.90. The van der Waals surface area contributed by atoms with E-state index in [1.165, 1.54) is 0 Å². The first-order valence-corrected chi connectivity index (χ1v) is 12.6. The maximum atomic E-state index is 12.5. The highest BCUT2D eigenvalue weighted by molar-refractivity contribution is 7.98. The topological polar surface area (TPSA) is 114 Å². The molecule has 1 rings (SSSR count). The van der Waals surface area contributed by atoms with Crippen LogP contribution in [0.5, 0.6) is 0 Å². The van der Waals surface area contributed by atoms with Gasteiger partial charge in [0.1, 0.15) is 11.6 Å². The third-order valence-corrected chi connectivity index (χ3v) is 6.21. The Morgan fingerprint density at radius 3 is 2.43 bits per heavy atom. The van der Waals surface area contributed by atoms with Crippen LogP contribution in [-0.4, -0.2) is 57.2 Å². The zero-order valence-electron chi connectivity index (χ0n) is 18.5. The molecule has 0 radical (unpaired) electrons. The molecule has 0 saturated carbocycles. The maximum Gasteiger partial charge on any atom is 0.408 e. The van der Waals surface area contributed by atoms with Crippen molar-refractivity contribution >= 4 is 33.8 Å². The summed E-state index contributed by atoms with van der Waals surface area (Å²) >= 11 is 1.56. The van der Waals surface area contributed by atoms with Gasteiger partial charge >= 0.3 is 6.09 Å². The Kier molecular flexibility index (Phi) is 10.1. The molecule has 170 valence electrons. The van der Waals surface area contributed by atoms with Gasteiger partial charge in [0.2, 0.25) is 15.9 Å². The molecule has 0 fully saturated rings. The van der Waals surface area contributed by atoms with Gasteiger partial charge in [0.25, 0.3) is 0 Å². The average Bonchev–Trinajstić information content (AvgIpc) is 2.62. The Bertz CT molecular complexity index is 835. The monoisotopic (exact) mass is 459 g/mol. The Hall–Kier alpha value is -1.78. The summed E-state index contributed by atoms with van der Waals surface area (Å²) in [5, 5.41) is 5.24. The van der Waals surface area contributed by atoms with E-state index in [-0.39, 0.29) is 23.9 Å². The molecule has 0 bridgehead atoms. The second-order valence-electron chi connectivity index (χ2n) is 7.94. The number of rotatable bonds is 10. The van der Waals surface area contributed by atoms with E-state index in [4.69, 9.17) is 4.74 Å². The van der Waals surface area contributed by atoms with E-state index in [1.807, 2.05) is 19.2 Å². The maximum absolute atomic E-state index is 12.5. The molecule has 30 heavy (non-hydrogen) atoms. The van der Waals surface area contributed by atoms with Crippen LogP contribution in [0.4, 0.5) is 4.79 Å². The molecule has 0 spiro atoms. The van der Waals surface area contributed by atoms with E-state index in [2.05, 4.69) is 15.4 Å². The van der Waals surface area contributed by atoms with Crippen molar-refractivity contribution in [3.05, 3.63) is 29.3 Å². The molecule has 1 atom stereocenters. The van der Waals surface area contributed by atoms with Crippen molar-refractivity contribution in [3.63, 3.8) is 0 Å². The number of amides is 2. The smallest absolute Gasteiger partial charge is 0.408 e. The van der Waals surface area contributed by atoms with Gasteiger partial charge in [-0.1, -0.05) is 12.1 Å². The summed E-state index contributed by atoms with van der Waals surface area (Å²) < 4.78 is 32.7. The van der Waals surface area contributed by atoms with E-state index in [0.29, 0.717) is 17.7 Å². The predicted octanol–water partition coefficient (Wildman–Crippen LogP) is 2.34. The number of benzene rings is 1. The lowest BCUT2D eigenvalue weighted by atomic mass is 10.2. The van der Waals surface area contributed by atoms with Crippen LogP contribution in [0, 0.1) is 13.8 Å². The summed E-state index contributed by atoms with van der Waals surface area (Å²) in [7, 11) is -3.68. The lowest BCUT2D eigenvalue weighted by Gasteiger charge is -2.23. The number of hydrogen-bond donors (Lipinski definition) is 3. The Morgan fingerprint density at radius 1 is 1.17 bits per heavy atom. The van der Waals surface area contributed by atoms with E-state index in [0.717, 1.165) is 5.56 Å². The van der Waals surface area contributed by atoms with Crippen molar-refractivity contribution in [2.45, 2.75) is 57.6 Å². The van der Waals surface area contributed by atoms with Gasteiger partial charge in [-0.3, -0.25) is 4.79 Å². The minimum atomic E-state index is -3.68. The van der Waals surface area contributed by atoms with Crippen LogP contribution in [0.2, 0.25) is 0 Å². The lowest BCUT2D eigenvalue weighted by Crippen LogP contribution is -2.49. The van der Waals surface area contributed by atoms with Crippen LogP contribution in [0.3, 0.4) is 0 Å². The van der Waals surface area contributed by atoms with E-state index in [1.54, 1.807) is 51.6 Å². The van der Waals surface area contributed by atoms with Crippen molar-refractivity contribution in [2.24, 2.45) is 0 Å². The molecule has 10 heteroatoms. The third kappa shape index (κ3) is 9.36. The van der Waals surface area contributed by atoms with Crippen molar-refractivity contribution < 1.29 is 22.7 Å². The summed E-state index contributed by atoms with van der Waals surface area (Å²) in [5.41, 5.74) is 0.826. The van der Waals surface area contributed by atoms with Crippen LogP contribution < -0.4 is 15.4 Å². The van der Waals surface area contributed by atoms with Gasteiger partial charge in [-0.15, -0.1) is 0 Å². The number of ether oxygens (including phenoxy) is 1. The largest absolute Gasteiger partial charge is 0.444 e. The number of thioether (sulfide) groups is 1. The zero-order valence-corrected chi connectivity index (χ0v) is 20.1. The standard InChI is InChI=1S/C20H33N3O5S2/c1-14-7-8-15(2)17(13-14)30(26,27)22-11-10-21-18(24)16(9-12-29-6)23-19(25)28-20(3,4)5/h7-8,13,16,22H,9-12H2,1-6H3,(H,21,24)(H,23,25). The Morgan fingerprint density at radius 2 is 1.83 bits per heavy atom. The van der Waals surface area contributed by atoms with Crippen LogP contribution in [-0.2, 0) is 19.6 Å². The highest BCUT2D eigenvalue weighted by Gasteiger charge is 2.24. The fraction of sp³-hybridized carbons (Fsp3) is 0.600. The number of hydrogen-bond acceptors (Lipinski definition) is 6. The second kappa shape index (κ2) is 11.6. The van der Waals surface area contributed by atoms with Crippen molar-refractivity contribution in [3.8, 4) is 0 Å². The van der Waals surface area contributed by atoms with E-state index >= 15 is 0 Å². The molecule has 0 aliphatic carbocycles. The molecule has 0 aromatic heterocycles. The van der Waals surface area contributed by atoms with Crippen molar-refractivity contribution in [1.82, 2.24) is 15.4 Å². The first-order chi connectivity index (χ1) is 13.9. The second-order valence-corrected chi connectivity index (χ2v) is 10.7. The van der Waals surface area contributed by atoms with Crippen LogP contribution in [0.15, 0.2) is 23.1 Å². The normalized spacial score (nSPS) is 12.9. The van der Waals surface area contributed by atoms with Crippen molar-refractivity contribution in [1.29, 1.82) is 0 Å². The van der Waals surface area contributed by atoms with Gasteiger partial charge < -0.3 is 15.4 Å². The minimum Gasteiger partial charge on any atom is -0.444 e. The van der Waals surface area contributed by atoms with Gasteiger partial charge in [0, 0.05) is 13.1 Å². The van der Waals surface area contributed by atoms with Gasteiger partial charge in [-0.25, -0.2) is 17.9 Å². The fourth-order valence-corrected chi connectivity index (χ4v) is 4.35. The molecule has 3 N–H and O–H groups in total. The molecule has 0 heterocycles. The van der Waals surface area contributed by atoms with Crippen LogP contribution in [0.1, 0.15) is 38.3 Å². The predicted molar refractivity (Wildman–Crippen MR) is 120 cm³/mol. The van der Waals surface area contributed by atoms with E-state index < -0.39 is 27.8 Å². The first kappa shape index (κ1) is 26.3.